The Morgan fingerprint density at radius 3 is 2.47 bits per heavy atom. The van der Waals surface area contributed by atoms with Crippen LogP contribution in [0.3, 0.4) is 0 Å². The largest absolute Gasteiger partial charge is 0.497 e. The Labute approximate surface area is 215 Å². The molecule has 36 heavy (non-hydrogen) atoms. The molecule has 0 saturated carbocycles. The molecule has 0 radical (unpaired) electrons. The quantitative estimate of drug-likeness (QED) is 0.494. The van der Waals surface area contributed by atoms with Gasteiger partial charge in [-0.2, -0.15) is 0 Å². The molecule has 0 spiro atoms. The zero-order valence-electron chi connectivity index (χ0n) is 22.4. The Morgan fingerprint density at radius 2 is 1.81 bits per heavy atom. The van der Waals surface area contributed by atoms with Crippen LogP contribution in [0.1, 0.15) is 47.0 Å². The van der Waals surface area contributed by atoms with Gasteiger partial charge in [-0.3, -0.25) is 9.59 Å². The van der Waals surface area contributed by atoms with Crippen molar-refractivity contribution in [3.05, 3.63) is 36.4 Å². The van der Waals surface area contributed by atoms with E-state index in [2.05, 4.69) is 28.9 Å². The van der Waals surface area contributed by atoms with Gasteiger partial charge in [-0.05, 0) is 48.9 Å². The number of nitrogens with zero attached hydrogens (tertiary/aromatic N) is 5. The zero-order valence-corrected chi connectivity index (χ0v) is 22.4. The molecule has 0 atom stereocenters. The van der Waals surface area contributed by atoms with Crippen molar-refractivity contribution in [1.82, 2.24) is 20.0 Å². The molecular weight excluding hydrogens is 454 g/mol. The standard InChI is InChI=1S/C28H41N5O3/c1-21(2)12-15-33(27(34)18-22(3)4)20-28(35)32-14-7-13-31(16-17-32)26-11-10-25(29-30-26)23-8-6-9-24(19-23)36-5/h6,8-11,19,21-22H,7,12-18,20H2,1-5H3. The highest BCUT2D eigenvalue weighted by Gasteiger charge is 2.24. The minimum absolute atomic E-state index is 0.0252. The first-order valence-electron chi connectivity index (χ1n) is 13.1. The summed E-state index contributed by atoms with van der Waals surface area (Å²) in [4.78, 5) is 31.8. The van der Waals surface area contributed by atoms with Crippen molar-refractivity contribution in [2.75, 3.05) is 51.3 Å². The fourth-order valence-corrected chi connectivity index (χ4v) is 4.27. The molecule has 1 saturated heterocycles. The van der Waals surface area contributed by atoms with Crippen molar-refractivity contribution in [1.29, 1.82) is 0 Å². The van der Waals surface area contributed by atoms with Gasteiger partial charge in [0.05, 0.1) is 19.3 Å². The molecule has 8 nitrogen and oxygen atoms in total. The predicted octanol–water partition coefficient (Wildman–Crippen LogP) is 4.11. The Balaban J connectivity index is 1.60. The van der Waals surface area contributed by atoms with Crippen LogP contribution in [0.5, 0.6) is 5.75 Å². The van der Waals surface area contributed by atoms with Gasteiger partial charge in [0.25, 0.3) is 0 Å². The van der Waals surface area contributed by atoms with Crippen LogP contribution in [0.4, 0.5) is 5.82 Å². The van der Waals surface area contributed by atoms with E-state index in [0.717, 1.165) is 42.2 Å². The van der Waals surface area contributed by atoms with E-state index in [1.807, 2.05) is 55.1 Å². The van der Waals surface area contributed by atoms with E-state index in [4.69, 9.17) is 4.74 Å². The summed E-state index contributed by atoms with van der Waals surface area (Å²) in [5.41, 5.74) is 1.74. The number of benzene rings is 1. The summed E-state index contributed by atoms with van der Waals surface area (Å²) in [6, 6.07) is 11.7. The smallest absolute Gasteiger partial charge is 0.242 e. The van der Waals surface area contributed by atoms with Crippen LogP contribution in [0.15, 0.2) is 36.4 Å². The van der Waals surface area contributed by atoms with Crippen molar-refractivity contribution in [3.63, 3.8) is 0 Å². The number of carbonyl (C=O) groups excluding carboxylic acids is 2. The molecule has 2 heterocycles. The molecule has 1 aliphatic heterocycles. The summed E-state index contributed by atoms with van der Waals surface area (Å²) in [6.07, 6.45) is 2.22. The molecule has 1 aromatic carbocycles. The van der Waals surface area contributed by atoms with Gasteiger partial charge in [0.1, 0.15) is 5.75 Å². The van der Waals surface area contributed by atoms with Crippen LogP contribution >= 0.6 is 0 Å². The average Bonchev–Trinajstić information content (AvgIpc) is 3.12. The van der Waals surface area contributed by atoms with Crippen molar-refractivity contribution < 1.29 is 14.3 Å². The van der Waals surface area contributed by atoms with E-state index in [1.165, 1.54) is 0 Å². The summed E-state index contributed by atoms with van der Waals surface area (Å²) < 4.78 is 5.31. The molecule has 1 fully saturated rings. The van der Waals surface area contributed by atoms with Crippen LogP contribution in [0.2, 0.25) is 0 Å². The Bertz CT molecular complexity index is 993. The summed E-state index contributed by atoms with van der Waals surface area (Å²) in [7, 11) is 1.65. The van der Waals surface area contributed by atoms with Crippen molar-refractivity contribution in [3.8, 4) is 17.0 Å². The molecule has 3 rings (SSSR count). The fourth-order valence-electron chi connectivity index (χ4n) is 4.27. The third-order valence-corrected chi connectivity index (χ3v) is 6.43. The van der Waals surface area contributed by atoms with Crippen LogP contribution < -0.4 is 9.64 Å². The number of amides is 2. The first kappa shape index (κ1) is 27.4. The third kappa shape index (κ3) is 7.93. The number of carbonyl (C=O) groups is 2. The van der Waals surface area contributed by atoms with Gasteiger partial charge in [-0.15, -0.1) is 10.2 Å². The Hall–Kier alpha value is -3.16. The van der Waals surface area contributed by atoms with Gasteiger partial charge in [0.15, 0.2) is 5.82 Å². The number of hydrogen-bond acceptors (Lipinski definition) is 6. The van der Waals surface area contributed by atoms with E-state index >= 15 is 0 Å². The molecule has 8 heteroatoms. The Morgan fingerprint density at radius 1 is 1.00 bits per heavy atom. The number of ether oxygens (including phenoxy) is 1. The highest BCUT2D eigenvalue weighted by Crippen LogP contribution is 2.23. The minimum Gasteiger partial charge on any atom is -0.497 e. The maximum Gasteiger partial charge on any atom is 0.242 e. The number of rotatable bonds is 10. The molecule has 1 aromatic heterocycles. The molecule has 0 unspecified atom stereocenters. The number of hydrogen-bond donors (Lipinski definition) is 0. The zero-order chi connectivity index (χ0) is 26.1. The normalized spacial score (nSPS) is 14.2. The second-order valence-electron chi connectivity index (χ2n) is 10.3. The van der Waals surface area contributed by atoms with Gasteiger partial charge in [-0.25, -0.2) is 0 Å². The molecule has 2 aromatic rings. The second-order valence-corrected chi connectivity index (χ2v) is 10.3. The molecule has 1 aliphatic rings. The lowest BCUT2D eigenvalue weighted by atomic mass is 10.1. The summed E-state index contributed by atoms with van der Waals surface area (Å²) in [6.45, 7) is 11.9. The molecule has 2 amide bonds. The third-order valence-electron chi connectivity index (χ3n) is 6.43. The van der Waals surface area contributed by atoms with Crippen LogP contribution in [-0.2, 0) is 9.59 Å². The highest BCUT2D eigenvalue weighted by molar-refractivity contribution is 5.85. The van der Waals surface area contributed by atoms with Crippen molar-refractivity contribution >= 4 is 17.6 Å². The predicted molar refractivity (Wildman–Crippen MR) is 143 cm³/mol. The SMILES string of the molecule is COc1cccc(-c2ccc(N3CCCN(C(=O)CN(CCC(C)C)C(=O)CC(C)C)CC3)nn2)c1. The van der Waals surface area contributed by atoms with E-state index in [9.17, 15) is 9.59 Å². The molecule has 0 bridgehead atoms. The molecule has 0 N–H and O–H groups in total. The van der Waals surface area contributed by atoms with Crippen molar-refractivity contribution in [2.24, 2.45) is 11.8 Å². The van der Waals surface area contributed by atoms with Gasteiger partial charge in [0.2, 0.25) is 11.8 Å². The summed E-state index contributed by atoms with van der Waals surface area (Å²) in [5, 5.41) is 8.89. The number of methoxy groups -OCH3 is 1. The summed E-state index contributed by atoms with van der Waals surface area (Å²) in [5.74, 6) is 2.44. The van der Waals surface area contributed by atoms with Gasteiger partial charge < -0.3 is 19.4 Å². The first-order chi connectivity index (χ1) is 17.3. The fraction of sp³-hybridized carbons (Fsp3) is 0.571. The Kier molecular flexibility index (Phi) is 10.1. The van der Waals surface area contributed by atoms with Crippen LogP contribution in [0.25, 0.3) is 11.3 Å². The monoisotopic (exact) mass is 495 g/mol. The lowest BCUT2D eigenvalue weighted by Crippen LogP contribution is -2.45. The van der Waals surface area contributed by atoms with E-state index in [1.54, 1.807) is 12.0 Å². The topological polar surface area (TPSA) is 78.9 Å². The summed E-state index contributed by atoms with van der Waals surface area (Å²) >= 11 is 0. The second kappa shape index (κ2) is 13.2. The highest BCUT2D eigenvalue weighted by atomic mass is 16.5. The van der Waals surface area contributed by atoms with E-state index in [-0.39, 0.29) is 24.3 Å². The average molecular weight is 496 g/mol. The van der Waals surface area contributed by atoms with Crippen molar-refractivity contribution in [2.45, 2.75) is 47.0 Å². The van der Waals surface area contributed by atoms with Gasteiger partial charge in [0, 0.05) is 44.7 Å². The van der Waals surface area contributed by atoms with E-state index < -0.39 is 0 Å². The minimum atomic E-state index is 0.0252. The number of aromatic nitrogens is 2. The van der Waals surface area contributed by atoms with Gasteiger partial charge >= 0.3 is 0 Å². The lowest BCUT2D eigenvalue weighted by molar-refractivity contribution is -0.141. The molecular formula is C28H41N5O3. The lowest BCUT2D eigenvalue weighted by Gasteiger charge is -2.28. The number of anilines is 1. The van der Waals surface area contributed by atoms with Crippen LogP contribution in [0, 0.1) is 11.8 Å². The van der Waals surface area contributed by atoms with Crippen LogP contribution in [-0.4, -0.2) is 78.2 Å². The van der Waals surface area contributed by atoms with E-state index in [0.29, 0.717) is 38.5 Å². The molecule has 196 valence electrons. The molecule has 0 aliphatic carbocycles. The maximum absolute atomic E-state index is 13.2. The van der Waals surface area contributed by atoms with Gasteiger partial charge in [-0.1, -0.05) is 39.8 Å². The first-order valence-corrected chi connectivity index (χ1v) is 13.1. The maximum atomic E-state index is 13.2.